The van der Waals surface area contributed by atoms with E-state index in [0.717, 1.165) is 5.56 Å². The second kappa shape index (κ2) is 7.25. The summed E-state index contributed by atoms with van der Waals surface area (Å²) in [6.45, 7) is 1.60. The van der Waals surface area contributed by atoms with E-state index >= 15 is 0 Å². The topological polar surface area (TPSA) is 93.6 Å². The standard InChI is InChI=1S/C18H18N2O5S/c1-2-26(23,24)20-10-7-14-11-15(3-4-16(14)20)17(21)12-25-18(22)13-5-8-19-9-6-13/h3-6,8-9,11H,2,7,10,12H2,1H3. The van der Waals surface area contributed by atoms with Crippen molar-refractivity contribution in [3.63, 3.8) is 0 Å². The molecule has 1 aromatic carbocycles. The Balaban J connectivity index is 1.69. The average molecular weight is 374 g/mol. The first kappa shape index (κ1) is 18.1. The molecule has 0 N–H and O–H groups in total. The van der Waals surface area contributed by atoms with Crippen LogP contribution in [0, 0.1) is 0 Å². The molecule has 0 saturated carbocycles. The van der Waals surface area contributed by atoms with Crippen molar-refractivity contribution in [1.82, 2.24) is 4.98 Å². The minimum absolute atomic E-state index is 0.0259. The van der Waals surface area contributed by atoms with E-state index in [4.69, 9.17) is 4.74 Å². The van der Waals surface area contributed by atoms with Crippen LogP contribution in [0.1, 0.15) is 33.2 Å². The molecule has 0 fully saturated rings. The lowest BCUT2D eigenvalue weighted by atomic mass is 10.1. The van der Waals surface area contributed by atoms with Gasteiger partial charge in [-0.05, 0) is 49.2 Å². The van der Waals surface area contributed by atoms with Gasteiger partial charge in [0, 0.05) is 24.5 Å². The number of fused-ring (bicyclic) bond motifs is 1. The van der Waals surface area contributed by atoms with Gasteiger partial charge in [-0.2, -0.15) is 0 Å². The second-order valence-corrected chi connectivity index (χ2v) is 7.98. The number of hydrogen-bond donors (Lipinski definition) is 0. The number of anilines is 1. The molecule has 0 aliphatic carbocycles. The van der Waals surface area contributed by atoms with Gasteiger partial charge < -0.3 is 4.74 Å². The Kier molecular flexibility index (Phi) is 5.03. The molecule has 0 radical (unpaired) electrons. The number of ether oxygens (including phenoxy) is 1. The maximum atomic E-state index is 12.3. The molecule has 0 unspecified atom stereocenters. The van der Waals surface area contributed by atoms with Crippen molar-refractivity contribution in [1.29, 1.82) is 0 Å². The van der Waals surface area contributed by atoms with Crippen LogP contribution in [0.4, 0.5) is 5.69 Å². The van der Waals surface area contributed by atoms with Crippen LogP contribution in [-0.4, -0.2) is 44.1 Å². The summed E-state index contributed by atoms with van der Waals surface area (Å²) >= 11 is 0. The van der Waals surface area contributed by atoms with Crippen molar-refractivity contribution in [2.24, 2.45) is 0 Å². The van der Waals surface area contributed by atoms with Gasteiger partial charge in [-0.3, -0.25) is 14.1 Å². The minimum atomic E-state index is -3.32. The van der Waals surface area contributed by atoms with E-state index in [0.29, 0.717) is 29.8 Å². The molecular weight excluding hydrogens is 356 g/mol. The maximum absolute atomic E-state index is 12.3. The van der Waals surface area contributed by atoms with E-state index < -0.39 is 16.0 Å². The third kappa shape index (κ3) is 3.60. The fourth-order valence-electron chi connectivity index (χ4n) is 2.78. The molecule has 0 bridgehead atoms. The predicted molar refractivity (Wildman–Crippen MR) is 95.8 cm³/mol. The van der Waals surface area contributed by atoms with Gasteiger partial charge >= 0.3 is 5.97 Å². The number of sulfonamides is 1. The highest BCUT2D eigenvalue weighted by Gasteiger charge is 2.28. The van der Waals surface area contributed by atoms with Crippen LogP contribution in [0.5, 0.6) is 0 Å². The van der Waals surface area contributed by atoms with Gasteiger partial charge in [0.25, 0.3) is 0 Å². The first-order valence-corrected chi connectivity index (χ1v) is 9.77. The first-order chi connectivity index (χ1) is 12.4. The summed E-state index contributed by atoms with van der Waals surface area (Å²) in [5, 5.41) is 0. The van der Waals surface area contributed by atoms with Gasteiger partial charge in [0.1, 0.15) is 0 Å². The largest absolute Gasteiger partial charge is 0.454 e. The van der Waals surface area contributed by atoms with Crippen molar-refractivity contribution >= 4 is 27.5 Å². The van der Waals surface area contributed by atoms with Gasteiger partial charge in [-0.15, -0.1) is 0 Å². The number of hydrogen-bond acceptors (Lipinski definition) is 6. The number of aromatic nitrogens is 1. The summed E-state index contributed by atoms with van der Waals surface area (Å²) in [6, 6.07) is 7.87. The van der Waals surface area contributed by atoms with Crippen molar-refractivity contribution in [3.8, 4) is 0 Å². The van der Waals surface area contributed by atoms with Crippen LogP contribution < -0.4 is 4.31 Å². The number of rotatable bonds is 6. The second-order valence-electron chi connectivity index (χ2n) is 5.80. The third-order valence-corrected chi connectivity index (χ3v) is 5.99. The zero-order valence-electron chi connectivity index (χ0n) is 14.2. The Hall–Kier alpha value is -2.74. The van der Waals surface area contributed by atoms with Gasteiger partial charge in [-0.1, -0.05) is 0 Å². The van der Waals surface area contributed by atoms with E-state index in [2.05, 4.69) is 4.98 Å². The highest BCUT2D eigenvalue weighted by Crippen LogP contribution is 2.31. The van der Waals surface area contributed by atoms with Crippen molar-refractivity contribution in [2.45, 2.75) is 13.3 Å². The van der Waals surface area contributed by atoms with Crippen molar-refractivity contribution in [3.05, 3.63) is 59.4 Å². The van der Waals surface area contributed by atoms with Crippen LogP contribution in [0.15, 0.2) is 42.7 Å². The molecule has 1 aliphatic heterocycles. The smallest absolute Gasteiger partial charge is 0.338 e. The number of carbonyl (C=O) groups is 2. The van der Waals surface area contributed by atoms with Gasteiger partial charge in [-0.25, -0.2) is 13.2 Å². The summed E-state index contributed by atoms with van der Waals surface area (Å²) in [7, 11) is -3.32. The molecular formula is C18H18N2O5S. The monoisotopic (exact) mass is 374 g/mol. The Morgan fingerprint density at radius 1 is 1.15 bits per heavy atom. The van der Waals surface area contributed by atoms with E-state index in [1.165, 1.54) is 28.8 Å². The van der Waals surface area contributed by atoms with Gasteiger partial charge in [0.15, 0.2) is 12.4 Å². The number of Topliss-reactive ketones (excluding diaryl/α,β-unsaturated/α-hetero) is 1. The number of benzene rings is 1. The Labute approximate surface area is 151 Å². The lowest BCUT2D eigenvalue weighted by Crippen LogP contribution is -2.30. The number of esters is 1. The van der Waals surface area contributed by atoms with E-state index in [1.807, 2.05) is 0 Å². The zero-order valence-corrected chi connectivity index (χ0v) is 15.0. The van der Waals surface area contributed by atoms with Crippen LogP contribution in [0.2, 0.25) is 0 Å². The molecule has 0 amide bonds. The van der Waals surface area contributed by atoms with E-state index in [-0.39, 0.29) is 18.1 Å². The fourth-order valence-corrected chi connectivity index (χ4v) is 3.93. The molecule has 2 heterocycles. The summed E-state index contributed by atoms with van der Waals surface area (Å²) in [6.07, 6.45) is 3.48. The Morgan fingerprint density at radius 3 is 2.58 bits per heavy atom. The van der Waals surface area contributed by atoms with Gasteiger partial charge in [0.05, 0.1) is 17.0 Å². The summed E-state index contributed by atoms with van der Waals surface area (Å²) in [4.78, 5) is 28.0. The molecule has 0 spiro atoms. The quantitative estimate of drug-likeness (QED) is 0.566. The van der Waals surface area contributed by atoms with Crippen LogP contribution in [0.25, 0.3) is 0 Å². The molecule has 1 aromatic heterocycles. The van der Waals surface area contributed by atoms with Crippen LogP contribution >= 0.6 is 0 Å². The molecule has 3 rings (SSSR count). The normalized spacial score (nSPS) is 13.3. The SMILES string of the molecule is CCS(=O)(=O)N1CCc2cc(C(=O)COC(=O)c3ccncc3)ccc21. The van der Waals surface area contributed by atoms with Crippen LogP contribution in [0.3, 0.4) is 0 Å². The van der Waals surface area contributed by atoms with Crippen LogP contribution in [-0.2, 0) is 21.2 Å². The summed E-state index contributed by atoms with van der Waals surface area (Å²) in [5.74, 6) is -0.910. The lowest BCUT2D eigenvalue weighted by Gasteiger charge is -2.18. The molecule has 0 saturated heterocycles. The Morgan fingerprint density at radius 2 is 1.88 bits per heavy atom. The average Bonchev–Trinajstić information content (AvgIpc) is 3.10. The van der Waals surface area contributed by atoms with Crippen molar-refractivity contribution in [2.75, 3.05) is 23.2 Å². The van der Waals surface area contributed by atoms with Crippen molar-refractivity contribution < 1.29 is 22.7 Å². The maximum Gasteiger partial charge on any atom is 0.338 e. The molecule has 26 heavy (non-hydrogen) atoms. The highest BCUT2D eigenvalue weighted by molar-refractivity contribution is 7.92. The molecule has 7 nitrogen and oxygen atoms in total. The minimum Gasteiger partial charge on any atom is -0.454 e. The van der Waals surface area contributed by atoms with Gasteiger partial charge in [0.2, 0.25) is 10.0 Å². The summed E-state index contributed by atoms with van der Waals surface area (Å²) < 4.78 is 30.6. The number of nitrogens with zero attached hydrogens (tertiary/aromatic N) is 2. The zero-order chi connectivity index (χ0) is 18.7. The number of pyridine rings is 1. The molecule has 136 valence electrons. The molecule has 2 aromatic rings. The third-order valence-electron chi connectivity index (χ3n) is 4.21. The highest BCUT2D eigenvalue weighted by atomic mass is 32.2. The fraction of sp³-hybridized carbons (Fsp3) is 0.278. The predicted octanol–water partition coefficient (Wildman–Crippen LogP) is 1.83. The molecule has 0 atom stereocenters. The van der Waals surface area contributed by atoms with E-state index in [1.54, 1.807) is 25.1 Å². The molecule has 8 heteroatoms. The first-order valence-electron chi connectivity index (χ1n) is 8.16. The Bertz CT molecular complexity index is 941. The summed E-state index contributed by atoms with van der Waals surface area (Å²) in [5.41, 5.74) is 2.12. The number of ketones is 1. The number of carbonyl (C=O) groups excluding carboxylic acids is 2. The molecule has 1 aliphatic rings. The lowest BCUT2D eigenvalue weighted by molar-refractivity contribution is 0.0474. The van der Waals surface area contributed by atoms with E-state index in [9.17, 15) is 18.0 Å².